The number of carbonyl (C=O) groups is 3. The highest BCUT2D eigenvalue weighted by Gasteiger charge is 2.19. The van der Waals surface area contributed by atoms with Crippen molar-refractivity contribution in [1.82, 2.24) is 4.57 Å². The summed E-state index contributed by atoms with van der Waals surface area (Å²) in [5.41, 5.74) is 1.82. The smallest absolute Gasteiger partial charge is 0.337 e. The van der Waals surface area contributed by atoms with E-state index in [-0.39, 0.29) is 17.2 Å². The van der Waals surface area contributed by atoms with Gasteiger partial charge in [0.1, 0.15) is 0 Å². The number of rotatable bonds is 6. The number of aromatic carboxylic acids is 1. The van der Waals surface area contributed by atoms with E-state index in [4.69, 9.17) is 0 Å². The van der Waals surface area contributed by atoms with Crippen LogP contribution >= 0.6 is 0 Å². The fourth-order valence-corrected chi connectivity index (χ4v) is 3.02. The fourth-order valence-electron chi connectivity index (χ4n) is 3.02. The second kappa shape index (κ2) is 7.96. The summed E-state index contributed by atoms with van der Waals surface area (Å²) < 4.78 is 1.40. The number of anilines is 2. The molecule has 0 aliphatic rings. The third-order valence-electron chi connectivity index (χ3n) is 4.37. The van der Waals surface area contributed by atoms with Gasteiger partial charge < -0.3 is 15.7 Å². The first-order chi connectivity index (χ1) is 13.4. The van der Waals surface area contributed by atoms with Crippen LogP contribution in [0.1, 0.15) is 45.8 Å². The van der Waals surface area contributed by atoms with Crippen LogP contribution in [-0.2, 0) is 0 Å². The molecular formula is C21H21N3O4. The molecule has 0 saturated carbocycles. The Labute approximate surface area is 162 Å². The van der Waals surface area contributed by atoms with Crippen LogP contribution in [0.5, 0.6) is 0 Å². The number of carboxylic acids is 1. The molecule has 0 radical (unpaired) electrons. The molecule has 7 nitrogen and oxygen atoms in total. The molecule has 0 aliphatic heterocycles. The maximum absolute atomic E-state index is 12.9. The Morgan fingerprint density at radius 1 is 1.07 bits per heavy atom. The second-order valence-electron chi connectivity index (χ2n) is 6.40. The molecule has 0 saturated heterocycles. The molecule has 0 bridgehead atoms. The van der Waals surface area contributed by atoms with Gasteiger partial charge in [-0.3, -0.25) is 14.2 Å². The first-order valence-electron chi connectivity index (χ1n) is 8.96. The van der Waals surface area contributed by atoms with Crippen molar-refractivity contribution < 1.29 is 19.5 Å². The SMILES string of the molecule is CCCNc1ccc(C(=O)O)c(NC(=O)c2cn(C(C)=O)c3ccccc23)c1. The number of aromatic nitrogens is 1. The van der Waals surface area contributed by atoms with Gasteiger partial charge in [0.2, 0.25) is 5.91 Å². The Balaban J connectivity index is 2.00. The number of hydrogen-bond donors (Lipinski definition) is 3. The van der Waals surface area contributed by atoms with Gasteiger partial charge in [-0.15, -0.1) is 0 Å². The van der Waals surface area contributed by atoms with Gasteiger partial charge in [-0.05, 0) is 30.7 Å². The maximum atomic E-state index is 12.9. The van der Waals surface area contributed by atoms with E-state index in [0.29, 0.717) is 22.2 Å². The van der Waals surface area contributed by atoms with Crippen LogP contribution in [0.3, 0.4) is 0 Å². The number of nitrogens with zero attached hydrogens (tertiary/aromatic N) is 1. The van der Waals surface area contributed by atoms with Crippen LogP contribution < -0.4 is 10.6 Å². The largest absolute Gasteiger partial charge is 0.478 e. The predicted octanol–water partition coefficient (Wildman–Crippen LogP) is 4.07. The lowest BCUT2D eigenvalue weighted by Crippen LogP contribution is -2.15. The van der Waals surface area contributed by atoms with Gasteiger partial charge in [-0.1, -0.05) is 25.1 Å². The zero-order valence-corrected chi connectivity index (χ0v) is 15.7. The highest BCUT2D eigenvalue weighted by Crippen LogP contribution is 2.25. The monoisotopic (exact) mass is 379 g/mol. The molecule has 2 aromatic carbocycles. The van der Waals surface area contributed by atoms with E-state index in [1.807, 2.05) is 6.92 Å². The van der Waals surface area contributed by atoms with Crippen LogP contribution in [0.2, 0.25) is 0 Å². The molecular weight excluding hydrogens is 358 g/mol. The minimum atomic E-state index is -1.14. The summed E-state index contributed by atoms with van der Waals surface area (Å²) in [7, 11) is 0. The molecule has 0 aliphatic carbocycles. The first-order valence-corrected chi connectivity index (χ1v) is 8.96. The summed E-state index contributed by atoms with van der Waals surface area (Å²) in [4.78, 5) is 36.4. The minimum absolute atomic E-state index is 0.00861. The standard InChI is InChI=1S/C21H21N3O4/c1-3-10-22-14-8-9-16(21(27)28)18(11-14)23-20(26)17-12-24(13(2)25)19-7-5-4-6-15(17)19/h4-9,11-12,22H,3,10H2,1-2H3,(H,23,26)(H,27,28). The molecule has 144 valence electrons. The van der Waals surface area contributed by atoms with Crippen molar-refractivity contribution in [2.75, 3.05) is 17.2 Å². The van der Waals surface area contributed by atoms with Crippen LogP contribution in [0.15, 0.2) is 48.7 Å². The van der Waals surface area contributed by atoms with Crippen molar-refractivity contribution >= 4 is 40.1 Å². The van der Waals surface area contributed by atoms with Crippen molar-refractivity contribution in [2.45, 2.75) is 20.3 Å². The average Bonchev–Trinajstić information content (AvgIpc) is 3.06. The van der Waals surface area contributed by atoms with Crippen molar-refractivity contribution in [3.8, 4) is 0 Å². The average molecular weight is 379 g/mol. The lowest BCUT2D eigenvalue weighted by Gasteiger charge is -2.12. The highest BCUT2D eigenvalue weighted by molar-refractivity contribution is 6.15. The molecule has 7 heteroatoms. The Hall–Kier alpha value is -3.61. The molecule has 0 fully saturated rings. The Kier molecular flexibility index (Phi) is 5.44. The number of para-hydroxylation sites is 1. The van der Waals surface area contributed by atoms with E-state index in [1.165, 1.54) is 23.8 Å². The molecule has 0 unspecified atom stereocenters. The predicted molar refractivity (Wildman–Crippen MR) is 108 cm³/mol. The lowest BCUT2D eigenvalue weighted by atomic mass is 10.1. The fraction of sp³-hybridized carbons (Fsp3) is 0.190. The molecule has 0 spiro atoms. The van der Waals surface area contributed by atoms with Gasteiger partial charge in [0.05, 0.1) is 22.3 Å². The second-order valence-corrected chi connectivity index (χ2v) is 6.40. The third kappa shape index (κ3) is 3.73. The van der Waals surface area contributed by atoms with Gasteiger partial charge >= 0.3 is 5.97 Å². The van der Waals surface area contributed by atoms with E-state index in [2.05, 4.69) is 10.6 Å². The summed E-state index contributed by atoms with van der Waals surface area (Å²) in [6.07, 6.45) is 2.38. The maximum Gasteiger partial charge on any atom is 0.337 e. The zero-order valence-electron chi connectivity index (χ0n) is 15.7. The summed E-state index contributed by atoms with van der Waals surface area (Å²) >= 11 is 0. The van der Waals surface area contributed by atoms with E-state index < -0.39 is 11.9 Å². The molecule has 1 aromatic heterocycles. The minimum Gasteiger partial charge on any atom is -0.478 e. The number of benzene rings is 2. The highest BCUT2D eigenvalue weighted by atomic mass is 16.4. The van der Waals surface area contributed by atoms with Crippen LogP contribution in [0.25, 0.3) is 10.9 Å². The quantitative estimate of drug-likeness (QED) is 0.599. The van der Waals surface area contributed by atoms with Gasteiger partial charge in [0.15, 0.2) is 0 Å². The van der Waals surface area contributed by atoms with Crippen LogP contribution in [0.4, 0.5) is 11.4 Å². The molecule has 3 aromatic rings. The van der Waals surface area contributed by atoms with E-state index in [9.17, 15) is 19.5 Å². The number of carboxylic acid groups (broad SMARTS) is 1. The van der Waals surface area contributed by atoms with E-state index in [0.717, 1.165) is 13.0 Å². The zero-order chi connectivity index (χ0) is 20.3. The summed E-state index contributed by atoms with van der Waals surface area (Å²) in [5.74, 6) is -1.83. The van der Waals surface area contributed by atoms with Crippen molar-refractivity contribution in [2.24, 2.45) is 0 Å². The van der Waals surface area contributed by atoms with E-state index in [1.54, 1.807) is 36.4 Å². The van der Waals surface area contributed by atoms with Crippen LogP contribution in [0, 0.1) is 0 Å². The summed E-state index contributed by atoms with van der Waals surface area (Å²) in [5, 5.41) is 15.9. The number of fused-ring (bicyclic) bond motifs is 1. The molecule has 0 atom stereocenters. The van der Waals surface area contributed by atoms with Crippen molar-refractivity contribution in [3.63, 3.8) is 0 Å². The molecule has 3 rings (SSSR count). The molecule has 3 N–H and O–H groups in total. The third-order valence-corrected chi connectivity index (χ3v) is 4.37. The molecule has 1 amide bonds. The molecule has 28 heavy (non-hydrogen) atoms. The number of amides is 1. The normalized spacial score (nSPS) is 10.6. The Morgan fingerprint density at radius 3 is 2.50 bits per heavy atom. The molecule has 1 heterocycles. The summed E-state index contributed by atoms with van der Waals surface area (Å²) in [6.45, 7) is 4.16. The van der Waals surface area contributed by atoms with Gasteiger partial charge in [0, 0.05) is 30.7 Å². The van der Waals surface area contributed by atoms with Gasteiger partial charge in [-0.2, -0.15) is 0 Å². The number of nitrogens with one attached hydrogen (secondary N) is 2. The Bertz CT molecular complexity index is 1070. The first kappa shape index (κ1) is 19.2. The van der Waals surface area contributed by atoms with Gasteiger partial charge in [0.25, 0.3) is 5.91 Å². The number of carbonyl (C=O) groups excluding carboxylic acids is 2. The van der Waals surface area contributed by atoms with Crippen molar-refractivity contribution in [3.05, 3.63) is 59.8 Å². The van der Waals surface area contributed by atoms with Gasteiger partial charge in [-0.25, -0.2) is 4.79 Å². The van der Waals surface area contributed by atoms with Crippen molar-refractivity contribution in [1.29, 1.82) is 0 Å². The topological polar surface area (TPSA) is 100 Å². The Morgan fingerprint density at radius 2 is 1.82 bits per heavy atom. The summed E-state index contributed by atoms with van der Waals surface area (Å²) in [6, 6.07) is 11.8. The lowest BCUT2D eigenvalue weighted by molar-refractivity contribution is 0.0697. The van der Waals surface area contributed by atoms with E-state index >= 15 is 0 Å². The number of hydrogen-bond acceptors (Lipinski definition) is 4. The van der Waals surface area contributed by atoms with Crippen LogP contribution in [-0.4, -0.2) is 34.0 Å².